The van der Waals surface area contributed by atoms with Gasteiger partial charge in [-0.2, -0.15) is 0 Å². The number of hydrogen-bond donors (Lipinski definition) is 6. The van der Waals surface area contributed by atoms with Crippen LogP contribution < -0.4 is 21.3 Å². The molecule has 170 valence electrons. The van der Waals surface area contributed by atoms with Crippen molar-refractivity contribution in [1.29, 1.82) is 0 Å². The Hall–Kier alpha value is -3.14. The molecule has 0 radical (unpaired) electrons. The first-order valence-corrected chi connectivity index (χ1v) is 10.3. The quantitative estimate of drug-likeness (QED) is 0.290. The van der Waals surface area contributed by atoms with Gasteiger partial charge in [0, 0.05) is 6.42 Å². The molecule has 3 unspecified atom stereocenters. The number of aromatic hydroxyl groups is 1. The number of nitrogens with one attached hydrogen (secondary N) is 4. The summed E-state index contributed by atoms with van der Waals surface area (Å²) < 4.78 is 0. The van der Waals surface area contributed by atoms with Crippen LogP contribution in [0.25, 0.3) is 0 Å². The molecule has 1 aromatic carbocycles. The van der Waals surface area contributed by atoms with Crippen LogP contribution in [0.5, 0.6) is 5.75 Å². The molecule has 1 aromatic rings. The van der Waals surface area contributed by atoms with E-state index in [0.717, 1.165) is 13.0 Å². The third-order valence-electron chi connectivity index (χ3n) is 5.06. The molecule has 0 spiro atoms. The van der Waals surface area contributed by atoms with Crippen LogP contribution in [0.3, 0.4) is 0 Å². The van der Waals surface area contributed by atoms with Crippen molar-refractivity contribution in [3.05, 3.63) is 29.8 Å². The fourth-order valence-corrected chi connectivity index (χ4v) is 3.29. The number of benzene rings is 1. The first-order valence-electron chi connectivity index (χ1n) is 10.3. The summed E-state index contributed by atoms with van der Waals surface area (Å²) in [6.45, 7) is 3.93. The summed E-state index contributed by atoms with van der Waals surface area (Å²) in [5.74, 6) is -2.90. The van der Waals surface area contributed by atoms with Gasteiger partial charge in [0.1, 0.15) is 17.8 Å². The fourth-order valence-electron chi connectivity index (χ4n) is 3.29. The van der Waals surface area contributed by atoms with Gasteiger partial charge in [-0.3, -0.25) is 14.4 Å². The van der Waals surface area contributed by atoms with Crippen molar-refractivity contribution >= 4 is 23.7 Å². The van der Waals surface area contributed by atoms with E-state index in [1.54, 1.807) is 26.0 Å². The SMILES string of the molecule is CC(C)C(NC(=O)CNC(=O)C1CCCN1)C(=O)NC(Cc1ccc(O)cc1)C(=O)O. The Morgan fingerprint density at radius 3 is 2.35 bits per heavy atom. The van der Waals surface area contributed by atoms with E-state index >= 15 is 0 Å². The molecule has 0 saturated carbocycles. The Balaban J connectivity index is 1.92. The lowest BCUT2D eigenvalue weighted by Gasteiger charge is -2.24. The molecule has 0 aromatic heterocycles. The number of amides is 3. The van der Waals surface area contributed by atoms with Crippen molar-refractivity contribution in [3.63, 3.8) is 0 Å². The highest BCUT2D eigenvalue weighted by molar-refractivity contribution is 5.92. The maximum Gasteiger partial charge on any atom is 0.326 e. The van der Waals surface area contributed by atoms with Crippen molar-refractivity contribution in [2.45, 2.75) is 51.2 Å². The number of aliphatic carboxylic acids is 1. The van der Waals surface area contributed by atoms with Gasteiger partial charge >= 0.3 is 5.97 Å². The van der Waals surface area contributed by atoms with Crippen LogP contribution in [0, 0.1) is 5.92 Å². The van der Waals surface area contributed by atoms with Gasteiger partial charge in [0.25, 0.3) is 0 Å². The largest absolute Gasteiger partial charge is 0.508 e. The number of carboxylic acid groups (broad SMARTS) is 1. The van der Waals surface area contributed by atoms with Crippen LogP contribution in [0.1, 0.15) is 32.3 Å². The molecule has 3 atom stereocenters. The first-order chi connectivity index (χ1) is 14.7. The number of carbonyl (C=O) groups is 4. The molecule has 1 heterocycles. The maximum absolute atomic E-state index is 12.7. The van der Waals surface area contributed by atoms with Gasteiger partial charge in [-0.15, -0.1) is 0 Å². The predicted molar refractivity (Wildman–Crippen MR) is 112 cm³/mol. The second-order valence-corrected chi connectivity index (χ2v) is 7.93. The minimum atomic E-state index is -1.22. The number of hydrogen-bond acceptors (Lipinski definition) is 6. The summed E-state index contributed by atoms with van der Waals surface area (Å²) in [4.78, 5) is 48.6. The van der Waals surface area contributed by atoms with Gasteiger partial charge in [-0.05, 0) is 43.0 Å². The summed E-state index contributed by atoms with van der Waals surface area (Å²) in [6, 6.07) is 3.53. The molecule has 1 aliphatic heterocycles. The Morgan fingerprint density at radius 1 is 1.13 bits per heavy atom. The second-order valence-electron chi connectivity index (χ2n) is 7.93. The van der Waals surface area contributed by atoms with Crippen LogP contribution in [-0.2, 0) is 25.6 Å². The van der Waals surface area contributed by atoms with Gasteiger partial charge in [0.2, 0.25) is 17.7 Å². The molecular weight excluding hydrogens is 404 g/mol. The van der Waals surface area contributed by atoms with Crippen molar-refractivity contribution in [2.24, 2.45) is 5.92 Å². The molecular formula is C21H30N4O6. The zero-order valence-corrected chi connectivity index (χ0v) is 17.7. The molecule has 1 aliphatic rings. The average molecular weight is 434 g/mol. The van der Waals surface area contributed by atoms with E-state index in [1.807, 2.05) is 0 Å². The van der Waals surface area contributed by atoms with Crippen molar-refractivity contribution in [1.82, 2.24) is 21.3 Å². The van der Waals surface area contributed by atoms with Crippen LogP contribution >= 0.6 is 0 Å². The summed E-state index contributed by atoms with van der Waals surface area (Å²) in [5, 5.41) is 29.4. The van der Waals surface area contributed by atoms with E-state index in [9.17, 15) is 29.4 Å². The molecule has 3 amide bonds. The van der Waals surface area contributed by atoms with Crippen LogP contribution in [0.2, 0.25) is 0 Å². The smallest absolute Gasteiger partial charge is 0.326 e. The number of phenolic OH excluding ortho intramolecular Hbond substituents is 1. The predicted octanol–water partition coefficient (Wildman–Crippen LogP) is -0.487. The molecule has 0 bridgehead atoms. The van der Waals surface area contributed by atoms with Gasteiger partial charge in [0.15, 0.2) is 0 Å². The van der Waals surface area contributed by atoms with Crippen molar-refractivity contribution < 1.29 is 29.4 Å². The van der Waals surface area contributed by atoms with E-state index in [2.05, 4.69) is 21.3 Å². The highest BCUT2D eigenvalue weighted by Gasteiger charge is 2.29. The number of phenols is 1. The highest BCUT2D eigenvalue weighted by atomic mass is 16.4. The molecule has 2 rings (SSSR count). The van der Waals surface area contributed by atoms with Crippen molar-refractivity contribution in [2.75, 3.05) is 13.1 Å². The third-order valence-corrected chi connectivity index (χ3v) is 5.06. The van der Waals surface area contributed by atoms with E-state index in [-0.39, 0.29) is 36.6 Å². The van der Waals surface area contributed by atoms with Gasteiger partial charge in [0.05, 0.1) is 12.6 Å². The van der Waals surface area contributed by atoms with Gasteiger partial charge < -0.3 is 31.5 Å². The third kappa shape index (κ3) is 7.56. The number of rotatable bonds is 10. The number of carboxylic acids is 1. The average Bonchev–Trinajstić information content (AvgIpc) is 3.25. The molecule has 10 heteroatoms. The zero-order chi connectivity index (χ0) is 23.0. The highest BCUT2D eigenvalue weighted by Crippen LogP contribution is 2.12. The second kappa shape index (κ2) is 11.3. The minimum Gasteiger partial charge on any atom is -0.508 e. The first kappa shape index (κ1) is 24.1. The Morgan fingerprint density at radius 2 is 1.81 bits per heavy atom. The maximum atomic E-state index is 12.7. The minimum absolute atomic E-state index is 0.0184. The Kier molecular flexibility index (Phi) is 8.80. The van der Waals surface area contributed by atoms with E-state index in [4.69, 9.17) is 0 Å². The molecule has 0 aliphatic carbocycles. The Bertz CT molecular complexity index is 790. The molecule has 10 nitrogen and oxygen atoms in total. The van der Waals surface area contributed by atoms with Crippen LogP contribution in [0.4, 0.5) is 0 Å². The van der Waals surface area contributed by atoms with Gasteiger partial charge in [-0.25, -0.2) is 4.79 Å². The number of carbonyl (C=O) groups excluding carboxylic acids is 3. The van der Waals surface area contributed by atoms with Crippen LogP contribution in [0.15, 0.2) is 24.3 Å². The summed E-state index contributed by atoms with van der Waals surface area (Å²) >= 11 is 0. The normalized spacial score (nSPS) is 17.6. The standard InChI is InChI=1S/C21H30N4O6/c1-12(2)18(25-17(27)11-23-19(28)15-4-3-9-22-15)20(29)24-16(21(30)31)10-13-5-7-14(26)8-6-13/h5-8,12,15-16,18,22,26H,3-4,9-11H2,1-2H3,(H,23,28)(H,24,29)(H,25,27)(H,30,31). The molecule has 1 fully saturated rings. The lowest BCUT2D eigenvalue weighted by Crippen LogP contribution is -2.55. The monoisotopic (exact) mass is 434 g/mol. The fraction of sp³-hybridized carbons (Fsp3) is 0.524. The zero-order valence-electron chi connectivity index (χ0n) is 17.7. The van der Waals surface area contributed by atoms with Gasteiger partial charge in [-0.1, -0.05) is 26.0 Å². The van der Waals surface area contributed by atoms with E-state index in [1.165, 1.54) is 12.1 Å². The summed E-state index contributed by atoms with van der Waals surface area (Å²) in [5.41, 5.74) is 0.624. The molecule has 6 N–H and O–H groups in total. The Labute approximate surface area is 180 Å². The summed E-state index contributed by atoms with van der Waals surface area (Å²) in [6.07, 6.45) is 1.63. The lowest BCUT2D eigenvalue weighted by atomic mass is 10.0. The van der Waals surface area contributed by atoms with Crippen LogP contribution in [-0.4, -0.2) is 65.1 Å². The summed E-state index contributed by atoms with van der Waals surface area (Å²) in [7, 11) is 0. The van der Waals surface area contributed by atoms with E-state index < -0.39 is 29.9 Å². The van der Waals surface area contributed by atoms with E-state index in [0.29, 0.717) is 12.0 Å². The van der Waals surface area contributed by atoms with Crippen molar-refractivity contribution in [3.8, 4) is 5.75 Å². The topological polar surface area (TPSA) is 157 Å². The molecule has 1 saturated heterocycles. The molecule has 31 heavy (non-hydrogen) atoms. The lowest BCUT2D eigenvalue weighted by molar-refractivity contribution is -0.142.